The topological polar surface area (TPSA) is 49.7 Å². The number of carbonyl (C=O) groups excluding carboxylic acids is 1. The maximum absolute atomic E-state index is 13.6. The number of rotatable bonds is 3. The molecule has 0 amide bonds. The van der Waals surface area contributed by atoms with Gasteiger partial charge in [0, 0.05) is 11.1 Å². The average molecular weight is 257 g/mol. The maximum Gasteiger partial charge on any atom is 0.210 e. The summed E-state index contributed by atoms with van der Waals surface area (Å²) in [5.74, 6) is -0.669. The van der Waals surface area contributed by atoms with Gasteiger partial charge in [-0.1, -0.05) is 47.6 Å². The summed E-state index contributed by atoms with van der Waals surface area (Å²) in [6.45, 7) is 1.42. The summed E-state index contributed by atoms with van der Waals surface area (Å²) < 4.78 is 13.6. The number of benzene rings is 2. The number of oxime groups is 1. The van der Waals surface area contributed by atoms with Gasteiger partial charge in [0.05, 0.1) is 0 Å². The molecule has 0 heterocycles. The molecule has 0 aliphatic heterocycles. The predicted molar refractivity (Wildman–Crippen MR) is 71.1 cm³/mol. The quantitative estimate of drug-likeness (QED) is 0.396. The Bertz CT molecular complexity index is 633. The van der Waals surface area contributed by atoms with E-state index in [-0.39, 0.29) is 17.3 Å². The van der Waals surface area contributed by atoms with E-state index < -0.39 is 0 Å². The lowest BCUT2D eigenvalue weighted by atomic mass is 10.0. The fraction of sp³-hybridized carbons (Fsp3) is 0.0667. The van der Waals surface area contributed by atoms with Crippen LogP contribution in [0.1, 0.15) is 17.3 Å². The molecule has 0 aliphatic rings. The van der Waals surface area contributed by atoms with Crippen molar-refractivity contribution in [2.75, 3.05) is 0 Å². The minimum absolute atomic E-state index is 0.0126. The van der Waals surface area contributed by atoms with Crippen molar-refractivity contribution in [2.24, 2.45) is 5.16 Å². The van der Waals surface area contributed by atoms with Gasteiger partial charge in [0.2, 0.25) is 5.78 Å². The second kappa shape index (κ2) is 5.44. The van der Waals surface area contributed by atoms with Crippen LogP contribution in [0.25, 0.3) is 11.1 Å². The van der Waals surface area contributed by atoms with Crippen LogP contribution in [0, 0.1) is 5.82 Å². The average Bonchev–Trinajstić information content (AvgIpc) is 2.46. The molecular formula is C15H12FNO2. The predicted octanol–water partition coefficient (Wildman–Crippen LogP) is 3.53. The van der Waals surface area contributed by atoms with Gasteiger partial charge in [-0.05, 0) is 18.6 Å². The van der Waals surface area contributed by atoms with Crippen molar-refractivity contribution in [1.29, 1.82) is 0 Å². The van der Waals surface area contributed by atoms with Gasteiger partial charge in [0.25, 0.3) is 0 Å². The summed E-state index contributed by atoms with van der Waals surface area (Å²) >= 11 is 0. The SMILES string of the molecule is CC(=NO)C(=O)c1ccc(-c2ccccc2F)cc1. The summed E-state index contributed by atoms with van der Waals surface area (Å²) in [7, 11) is 0. The Morgan fingerprint density at radius 2 is 1.74 bits per heavy atom. The molecule has 0 atom stereocenters. The summed E-state index contributed by atoms with van der Waals surface area (Å²) in [6.07, 6.45) is 0. The van der Waals surface area contributed by atoms with Crippen LogP contribution in [0.2, 0.25) is 0 Å². The molecule has 2 rings (SSSR count). The zero-order valence-electron chi connectivity index (χ0n) is 10.3. The highest BCUT2D eigenvalue weighted by Gasteiger charge is 2.10. The first-order valence-corrected chi connectivity index (χ1v) is 5.72. The molecule has 19 heavy (non-hydrogen) atoms. The van der Waals surface area contributed by atoms with Crippen molar-refractivity contribution < 1.29 is 14.4 Å². The number of Topliss-reactive ketones (excluding diaryl/α,β-unsaturated/α-hetero) is 1. The van der Waals surface area contributed by atoms with E-state index in [1.165, 1.54) is 13.0 Å². The first kappa shape index (κ1) is 13.0. The molecule has 2 aromatic carbocycles. The van der Waals surface area contributed by atoms with Gasteiger partial charge in [-0.3, -0.25) is 4.79 Å². The lowest BCUT2D eigenvalue weighted by Gasteiger charge is -2.04. The van der Waals surface area contributed by atoms with E-state index in [0.717, 1.165) is 0 Å². The molecule has 0 saturated carbocycles. The smallest absolute Gasteiger partial charge is 0.210 e. The normalized spacial score (nSPS) is 11.4. The molecule has 4 heteroatoms. The molecule has 0 radical (unpaired) electrons. The number of hydrogen-bond acceptors (Lipinski definition) is 3. The minimum atomic E-state index is -0.359. The second-order valence-electron chi connectivity index (χ2n) is 4.07. The van der Waals surface area contributed by atoms with E-state index in [9.17, 15) is 9.18 Å². The lowest BCUT2D eigenvalue weighted by molar-refractivity contribution is 0.106. The Labute approximate surface area is 110 Å². The highest BCUT2D eigenvalue weighted by Crippen LogP contribution is 2.22. The number of nitrogens with zero attached hydrogens (tertiary/aromatic N) is 1. The first-order valence-electron chi connectivity index (χ1n) is 5.72. The number of ketones is 1. The third-order valence-corrected chi connectivity index (χ3v) is 2.81. The van der Waals surface area contributed by atoms with Crippen LogP contribution in [0.3, 0.4) is 0 Å². The Morgan fingerprint density at radius 1 is 1.11 bits per heavy atom. The number of carbonyl (C=O) groups is 1. The highest BCUT2D eigenvalue weighted by atomic mass is 19.1. The zero-order valence-corrected chi connectivity index (χ0v) is 10.3. The molecule has 0 spiro atoms. The third-order valence-electron chi connectivity index (χ3n) is 2.81. The molecule has 0 bridgehead atoms. The fourth-order valence-electron chi connectivity index (χ4n) is 1.75. The fourth-order valence-corrected chi connectivity index (χ4v) is 1.75. The summed E-state index contributed by atoms with van der Waals surface area (Å²) in [4.78, 5) is 11.7. The first-order chi connectivity index (χ1) is 9.13. The Balaban J connectivity index is 2.34. The van der Waals surface area contributed by atoms with E-state index in [1.807, 2.05) is 0 Å². The van der Waals surface area contributed by atoms with Crippen molar-refractivity contribution in [1.82, 2.24) is 0 Å². The second-order valence-corrected chi connectivity index (χ2v) is 4.07. The number of halogens is 1. The molecule has 0 aliphatic carbocycles. The standard InChI is InChI=1S/C15H12FNO2/c1-10(17-19)15(18)12-8-6-11(7-9-12)13-4-2-3-5-14(13)16/h2-9,19H,1H3. The summed E-state index contributed by atoms with van der Waals surface area (Å²) in [5.41, 5.74) is 1.58. The number of hydrogen-bond donors (Lipinski definition) is 1. The molecule has 1 N–H and O–H groups in total. The van der Waals surface area contributed by atoms with Crippen LogP contribution >= 0.6 is 0 Å². The van der Waals surface area contributed by atoms with Crippen LogP contribution in [0.4, 0.5) is 4.39 Å². The van der Waals surface area contributed by atoms with E-state index in [1.54, 1.807) is 42.5 Å². The Hall–Kier alpha value is -2.49. The Kier molecular flexibility index (Phi) is 3.71. The summed E-state index contributed by atoms with van der Waals surface area (Å²) in [6, 6.07) is 12.9. The largest absolute Gasteiger partial charge is 0.411 e. The van der Waals surface area contributed by atoms with Gasteiger partial charge < -0.3 is 5.21 Å². The van der Waals surface area contributed by atoms with E-state index in [2.05, 4.69) is 5.16 Å². The molecule has 3 nitrogen and oxygen atoms in total. The molecule has 0 fully saturated rings. The summed E-state index contributed by atoms with van der Waals surface area (Å²) in [5, 5.41) is 11.4. The Morgan fingerprint density at radius 3 is 2.32 bits per heavy atom. The van der Waals surface area contributed by atoms with Gasteiger partial charge in [-0.2, -0.15) is 0 Å². The van der Waals surface area contributed by atoms with Gasteiger partial charge in [-0.15, -0.1) is 0 Å². The van der Waals surface area contributed by atoms with E-state index in [4.69, 9.17) is 5.21 Å². The van der Waals surface area contributed by atoms with Crippen molar-refractivity contribution in [3.63, 3.8) is 0 Å². The van der Waals surface area contributed by atoms with Gasteiger partial charge in [-0.25, -0.2) is 4.39 Å². The minimum Gasteiger partial charge on any atom is -0.411 e. The molecule has 0 saturated heterocycles. The van der Waals surface area contributed by atoms with Crippen LogP contribution in [-0.2, 0) is 0 Å². The van der Waals surface area contributed by atoms with Crippen molar-refractivity contribution in [3.8, 4) is 11.1 Å². The van der Waals surface area contributed by atoms with Crippen LogP contribution < -0.4 is 0 Å². The third kappa shape index (κ3) is 2.68. The monoisotopic (exact) mass is 257 g/mol. The van der Waals surface area contributed by atoms with Gasteiger partial charge >= 0.3 is 0 Å². The van der Waals surface area contributed by atoms with E-state index in [0.29, 0.717) is 16.7 Å². The molecular weight excluding hydrogens is 245 g/mol. The molecule has 2 aromatic rings. The van der Waals surface area contributed by atoms with Gasteiger partial charge in [0.15, 0.2) is 0 Å². The van der Waals surface area contributed by atoms with Gasteiger partial charge in [0.1, 0.15) is 11.5 Å². The molecule has 96 valence electrons. The van der Waals surface area contributed by atoms with Crippen molar-refractivity contribution in [3.05, 3.63) is 59.9 Å². The zero-order chi connectivity index (χ0) is 13.8. The highest BCUT2D eigenvalue weighted by molar-refractivity contribution is 6.45. The lowest BCUT2D eigenvalue weighted by Crippen LogP contribution is -2.10. The van der Waals surface area contributed by atoms with Crippen LogP contribution in [0.5, 0.6) is 0 Å². The van der Waals surface area contributed by atoms with E-state index >= 15 is 0 Å². The van der Waals surface area contributed by atoms with Crippen LogP contribution in [0.15, 0.2) is 53.7 Å². The molecule has 0 unspecified atom stereocenters. The van der Waals surface area contributed by atoms with Crippen molar-refractivity contribution >= 4 is 11.5 Å². The van der Waals surface area contributed by atoms with Crippen LogP contribution in [-0.4, -0.2) is 16.7 Å². The molecule has 0 aromatic heterocycles. The van der Waals surface area contributed by atoms with Crippen molar-refractivity contribution in [2.45, 2.75) is 6.92 Å². The maximum atomic E-state index is 13.6.